The molecule has 0 heterocycles. The van der Waals surface area contributed by atoms with E-state index in [9.17, 15) is 0 Å². The van der Waals surface area contributed by atoms with E-state index < -0.39 is 0 Å². The Morgan fingerprint density at radius 2 is 1.00 bits per heavy atom. The molecule has 0 N–H and O–H groups in total. The van der Waals surface area contributed by atoms with Gasteiger partial charge in [-0.2, -0.15) is 0 Å². The molecule has 0 unspecified atom stereocenters. The van der Waals surface area contributed by atoms with Crippen molar-refractivity contribution in [2.75, 3.05) is 0 Å². The van der Waals surface area contributed by atoms with Crippen molar-refractivity contribution in [2.45, 2.75) is 0 Å². The summed E-state index contributed by atoms with van der Waals surface area (Å²) >= 11 is 0. The molecule has 4 heteroatoms. The zero-order chi connectivity index (χ0) is 0. The molecule has 0 amide bonds. The summed E-state index contributed by atoms with van der Waals surface area (Å²) in [6.45, 7) is 0. The van der Waals surface area contributed by atoms with Gasteiger partial charge >= 0.3 is 23.1 Å². The summed E-state index contributed by atoms with van der Waals surface area (Å²) in [5, 5.41) is 0. The van der Waals surface area contributed by atoms with Gasteiger partial charge in [0.2, 0.25) is 0 Å². The monoisotopic (exact) mass is 201 g/mol. The first-order valence-corrected chi connectivity index (χ1v) is 0. The van der Waals surface area contributed by atoms with Gasteiger partial charge in [0.05, 0.1) is 0 Å². The minimum atomic E-state index is 0. The summed E-state index contributed by atoms with van der Waals surface area (Å²) in [6, 6.07) is 0. The fraction of sp³-hybridized carbons (Fsp3) is 0. The van der Waals surface area contributed by atoms with Crippen LogP contribution in [-0.4, -0.2) is 23.1 Å². The molecular weight excluding hydrogens is 202 g/mol. The molecule has 0 atom stereocenters. The molecule has 4 heavy (non-hydrogen) atoms. The maximum atomic E-state index is 0. The van der Waals surface area contributed by atoms with E-state index in [-0.39, 0.29) is 64.5 Å². The van der Waals surface area contributed by atoms with Gasteiger partial charge in [0.15, 0.2) is 0 Å². The maximum Gasteiger partial charge on any atom is 2.00 e. The maximum absolute atomic E-state index is 0. The fourth-order valence-electron chi connectivity index (χ4n) is 0. The van der Waals surface area contributed by atoms with Gasteiger partial charge in [0, 0.05) is 36.0 Å². The van der Waals surface area contributed by atoms with Crippen LogP contribution in [0.5, 0.6) is 0 Å². The third-order valence-electron chi connectivity index (χ3n) is 0. The molecule has 0 aliphatic rings. The Kier molecular flexibility index (Phi) is 212. The third-order valence-corrected chi connectivity index (χ3v) is 0. The van der Waals surface area contributed by atoms with E-state index in [0.29, 0.717) is 0 Å². The van der Waals surface area contributed by atoms with E-state index in [1.54, 1.807) is 0 Å². The van der Waals surface area contributed by atoms with Crippen LogP contribution in [0.1, 0.15) is 0 Å². The summed E-state index contributed by atoms with van der Waals surface area (Å²) in [5.74, 6) is 0. The first-order valence-electron chi connectivity index (χ1n) is 0. The molecule has 0 aromatic rings. The predicted molar refractivity (Wildman–Crippen MR) is 6.44 cm³/mol. The minimum Gasteiger partial charge on any atom is -2.00 e. The molecule has 0 spiro atoms. The zero-order valence-electron chi connectivity index (χ0n) is 1.76. The Bertz CT molecular complexity index is 8.00. The average molecular weight is 202 g/mol. The van der Waals surface area contributed by atoms with E-state index in [1.807, 2.05) is 0 Å². The molecule has 0 saturated carbocycles. The topological polar surface area (TPSA) is 28.5 Å². The van der Waals surface area contributed by atoms with Gasteiger partial charge in [-0.3, -0.25) is 0 Å². The van der Waals surface area contributed by atoms with Crippen molar-refractivity contribution in [1.82, 2.24) is 0 Å². The van der Waals surface area contributed by atoms with Gasteiger partial charge < -0.3 is 5.48 Å². The van der Waals surface area contributed by atoms with Crippen molar-refractivity contribution >= 4 is 23.1 Å². The van der Waals surface area contributed by atoms with Crippen molar-refractivity contribution in [3.05, 3.63) is 0 Å². The largest absolute Gasteiger partial charge is 2.00 e. The second-order valence-electron chi connectivity index (χ2n) is 0. The molecule has 1 radical (unpaired) electrons. The van der Waals surface area contributed by atoms with E-state index in [2.05, 4.69) is 0 Å². The Morgan fingerprint density at radius 3 is 1.00 bits per heavy atom. The van der Waals surface area contributed by atoms with E-state index in [4.69, 9.17) is 0 Å². The van der Waals surface area contributed by atoms with Crippen LogP contribution in [0.4, 0.5) is 0 Å². The Balaban J connectivity index is 0. The van der Waals surface area contributed by atoms with Gasteiger partial charge in [-0.25, -0.2) is 0 Å². The molecule has 27 valence electrons. The van der Waals surface area contributed by atoms with Gasteiger partial charge in [0.1, 0.15) is 0 Å². The van der Waals surface area contributed by atoms with Crippen molar-refractivity contribution in [2.24, 2.45) is 0 Å². The normalized spacial score (nSPS) is 0. The molecule has 0 rings (SSSR count). The first-order chi connectivity index (χ1) is 0. The van der Waals surface area contributed by atoms with Crippen LogP contribution in [0.2, 0.25) is 0 Å². The molecule has 0 fully saturated rings. The predicted octanol–water partition coefficient (Wildman–Crippen LogP) is -0.505. The third kappa shape index (κ3) is 9.14. The van der Waals surface area contributed by atoms with Gasteiger partial charge in [-0.1, -0.05) is 0 Å². The van der Waals surface area contributed by atoms with Crippen LogP contribution in [-0.2, 0) is 41.4 Å². The van der Waals surface area contributed by atoms with Crippen LogP contribution in [0.3, 0.4) is 0 Å². The molecule has 0 saturated heterocycles. The Morgan fingerprint density at radius 1 is 1.00 bits per heavy atom. The average Bonchev–Trinajstić information content (AvgIpc) is 0. The van der Waals surface area contributed by atoms with Crippen LogP contribution in [0, 0.1) is 0 Å². The molecule has 0 aliphatic heterocycles. The molecule has 1 nitrogen and oxygen atoms in total. The van der Waals surface area contributed by atoms with Crippen LogP contribution in [0.25, 0.3) is 0 Å². The van der Waals surface area contributed by atoms with E-state index >= 15 is 0 Å². The fourth-order valence-corrected chi connectivity index (χ4v) is 0. The second kappa shape index (κ2) is 21.1. The summed E-state index contributed by atoms with van der Waals surface area (Å²) in [6.07, 6.45) is 0. The Hall–Kier alpha value is 1.84. The molecular formula is MgNiORh. The van der Waals surface area contributed by atoms with Crippen LogP contribution in [0.15, 0.2) is 0 Å². The Labute approximate surface area is 64.0 Å². The van der Waals surface area contributed by atoms with Crippen molar-refractivity contribution in [3.63, 3.8) is 0 Å². The van der Waals surface area contributed by atoms with Crippen molar-refractivity contribution in [3.8, 4) is 0 Å². The minimum absolute atomic E-state index is 0. The van der Waals surface area contributed by atoms with Crippen molar-refractivity contribution in [1.29, 1.82) is 0 Å². The van der Waals surface area contributed by atoms with E-state index in [1.165, 1.54) is 0 Å². The molecule has 0 aliphatic carbocycles. The number of hydrogen-bond acceptors (Lipinski definition) is 0. The summed E-state index contributed by atoms with van der Waals surface area (Å²) in [4.78, 5) is 0. The van der Waals surface area contributed by atoms with Gasteiger partial charge in [-0.15, -0.1) is 0 Å². The quantitative estimate of drug-likeness (QED) is 0.473. The number of rotatable bonds is 0. The van der Waals surface area contributed by atoms with Crippen LogP contribution < -0.4 is 0 Å². The molecule has 0 aromatic heterocycles. The second-order valence-corrected chi connectivity index (χ2v) is 0. The summed E-state index contributed by atoms with van der Waals surface area (Å²) < 4.78 is 0. The van der Waals surface area contributed by atoms with Gasteiger partial charge in [-0.05, 0) is 0 Å². The summed E-state index contributed by atoms with van der Waals surface area (Å²) in [7, 11) is 0. The SMILES string of the molecule is [Mg+2].[Ni].[O-2].[Rh]. The summed E-state index contributed by atoms with van der Waals surface area (Å²) in [5.41, 5.74) is 0. The first kappa shape index (κ1) is 40.3. The van der Waals surface area contributed by atoms with Gasteiger partial charge in [0.25, 0.3) is 0 Å². The van der Waals surface area contributed by atoms with Crippen molar-refractivity contribution < 1.29 is 41.4 Å². The molecule has 0 bridgehead atoms. The zero-order valence-corrected chi connectivity index (χ0v) is 5.81. The van der Waals surface area contributed by atoms with Crippen LogP contribution >= 0.6 is 0 Å². The van der Waals surface area contributed by atoms with E-state index in [0.717, 1.165) is 0 Å². The smallest absolute Gasteiger partial charge is 2.00 e. The standard InChI is InChI=1S/Mg.Ni.O.Rh/q+2;;-2;. The molecule has 0 aromatic carbocycles. The number of hydrogen-bond donors (Lipinski definition) is 0.